The van der Waals surface area contributed by atoms with Crippen molar-refractivity contribution in [2.75, 3.05) is 12.4 Å². The van der Waals surface area contributed by atoms with Crippen molar-refractivity contribution in [2.24, 2.45) is 0 Å². The Morgan fingerprint density at radius 3 is 2.72 bits per heavy atom. The highest BCUT2D eigenvalue weighted by Gasteiger charge is 2.14. The Bertz CT molecular complexity index is 436. The van der Waals surface area contributed by atoms with Gasteiger partial charge in [0.2, 0.25) is 0 Å². The summed E-state index contributed by atoms with van der Waals surface area (Å²) in [5.74, 6) is -0.706. The van der Waals surface area contributed by atoms with Crippen LogP contribution in [0.4, 0.5) is 4.39 Å². The monoisotopic (exact) mass is 274 g/mol. The van der Waals surface area contributed by atoms with E-state index < -0.39 is 17.7 Å². The molecule has 4 nitrogen and oxygen atoms in total. The number of thioether (sulfide) groups is 1. The molecule has 1 atom stereocenters. The fourth-order valence-corrected chi connectivity index (χ4v) is 2.33. The molecule has 0 heterocycles. The van der Waals surface area contributed by atoms with E-state index in [9.17, 15) is 14.3 Å². The Morgan fingerprint density at radius 2 is 2.17 bits per heavy atom. The van der Waals surface area contributed by atoms with Gasteiger partial charge in [-0.25, -0.2) is 4.39 Å². The number of aliphatic hydroxyl groups excluding tert-OH is 2. The summed E-state index contributed by atoms with van der Waals surface area (Å²) in [6, 6.07) is 2.15. The lowest BCUT2D eigenvalue weighted by Gasteiger charge is -2.10. The van der Waals surface area contributed by atoms with E-state index in [1.54, 1.807) is 0 Å². The molecule has 0 saturated carbocycles. The summed E-state index contributed by atoms with van der Waals surface area (Å²) >= 11 is 1.23. The van der Waals surface area contributed by atoms with Gasteiger partial charge in [0.1, 0.15) is 11.6 Å². The number of carbonyl (C=O) groups excluding carboxylic acids is 1. The highest BCUT2D eigenvalue weighted by molar-refractivity contribution is 7.98. The molecular formula is C12H15FO4S. The minimum absolute atomic E-state index is 0.0479. The van der Waals surface area contributed by atoms with Crippen LogP contribution < -0.4 is 0 Å². The van der Waals surface area contributed by atoms with E-state index in [2.05, 4.69) is 0 Å². The normalized spacial score (nSPS) is 12.4. The van der Waals surface area contributed by atoms with Crippen molar-refractivity contribution in [3.8, 4) is 5.75 Å². The van der Waals surface area contributed by atoms with Crippen LogP contribution in [0.1, 0.15) is 22.8 Å². The first-order valence-electron chi connectivity index (χ1n) is 5.34. The Hall–Kier alpha value is -1.11. The molecule has 1 aromatic carbocycles. The standard InChI is InChI=1S/C12H15FO4S/c1-7(15)11-3-9(13)2-8(12(11)17)5-18-6-10(16)4-14/h2-3,10,14,16-17H,4-6H2,1H3. The van der Waals surface area contributed by atoms with Gasteiger partial charge in [-0.1, -0.05) is 0 Å². The van der Waals surface area contributed by atoms with Gasteiger partial charge in [-0.05, 0) is 19.1 Å². The van der Waals surface area contributed by atoms with Crippen LogP contribution in [-0.2, 0) is 5.75 Å². The zero-order chi connectivity index (χ0) is 13.7. The first-order valence-corrected chi connectivity index (χ1v) is 6.50. The number of aliphatic hydroxyl groups is 2. The van der Waals surface area contributed by atoms with Gasteiger partial charge >= 0.3 is 0 Å². The summed E-state index contributed by atoms with van der Waals surface area (Å²) in [5.41, 5.74) is 0.253. The van der Waals surface area contributed by atoms with Crippen molar-refractivity contribution in [1.82, 2.24) is 0 Å². The fourth-order valence-electron chi connectivity index (χ4n) is 1.39. The molecule has 100 valence electrons. The Morgan fingerprint density at radius 1 is 1.50 bits per heavy atom. The molecule has 0 aromatic heterocycles. The predicted molar refractivity (Wildman–Crippen MR) is 67.3 cm³/mol. The summed E-state index contributed by atoms with van der Waals surface area (Å²) < 4.78 is 13.3. The van der Waals surface area contributed by atoms with Gasteiger partial charge < -0.3 is 15.3 Å². The van der Waals surface area contributed by atoms with E-state index >= 15 is 0 Å². The van der Waals surface area contributed by atoms with Gasteiger partial charge in [-0.15, -0.1) is 0 Å². The molecule has 0 aliphatic heterocycles. The second-order valence-electron chi connectivity index (χ2n) is 3.87. The molecule has 0 aliphatic carbocycles. The number of ketones is 1. The summed E-state index contributed by atoms with van der Waals surface area (Å²) in [4.78, 5) is 11.2. The van der Waals surface area contributed by atoms with Crippen molar-refractivity contribution < 1.29 is 24.5 Å². The molecule has 0 amide bonds. The number of hydrogen-bond acceptors (Lipinski definition) is 5. The largest absolute Gasteiger partial charge is 0.507 e. The molecule has 0 fully saturated rings. The quantitative estimate of drug-likeness (QED) is 0.682. The molecule has 3 N–H and O–H groups in total. The number of phenolic OH excluding ortho intramolecular Hbond substituents is 1. The second-order valence-corrected chi connectivity index (χ2v) is 4.90. The molecule has 1 unspecified atom stereocenters. The minimum Gasteiger partial charge on any atom is -0.507 e. The third-order valence-electron chi connectivity index (χ3n) is 2.31. The van der Waals surface area contributed by atoms with Crippen LogP contribution in [0, 0.1) is 5.82 Å². The number of carbonyl (C=O) groups is 1. The molecule has 1 aromatic rings. The average molecular weight is 274 g/mol. The lowest BCUT2D eigenvalue weighted by atomic mass is 10.1. The number of phenols is 1. The predicted octanol–water partition coefficient (Wildman–Crippen LogP) is 1.32. The number of aromatic hydroxyl groups is 1. The van der Waals surface area contributed by atoms with Gasteiger partial charge in [0.05, 0.1) is 18.3 Å². The van der Waals surface area contributed by atoms with Crippen molar-refractivity contribution in [1.29, 1.82) is 0 Å². The number of hydrogen-bond donors (Lipinski definition) is 3. The van der Waals surface area contributed by atoms with Crippen LogP contribution in [0.3, 0.4) is 0 Å². The first-order chi connectivity index (χ1) is 8.45. The minimum atomic E-state index is -0.849. The third kappa shape index (κ3) is 3.97. The zero-order valence-electron chi connectivity index (χ0n) is 9.89. The van der Waals surface area contributed by atoms with Crippen LogP contribution in [0.15, 0.2) is 12.1 Å². The van der Waals surface area contributed by atoms with Gasteiger partial charge in [0.25, 0.3) is 0 Å². The van der Waals surface area contributed by atoms with Gasteiger partial charge in [-0.2, -0.15) is 11.8 Å². The molecule has 0 radical (unpaired) electrons. The lowest BCUT2D eigenvalue weighted by Crippen LogP contribution is -2.14. The highest BCUT2D eigenvalue weighted by atomic mass is 32.2. The number of benzene rings is 1. The van der Waals surface area contributed by atoms with Gasteiger partial charge in [0.15, 0.2) is 5.78 Å². The number of rotatable bonds is 6. The smallest absolute Gasteiger partial charge is 0.163 e. The molecular weight excluding hydrogens is 259 g/mol. The average Bonchev–Trinajstić information content (AvgIpc) is 2.32. The van der Waals surface area contributed by atoms with Crippen molar-refractivity contribution in [3.63, 3.8) is 0 Å². The fraction of sp³-hybridized carbons (Fsp3) is 0.417. The Balaban J connectivity index is 2.79. The highest BCUT2D eigenvalue weighted by Crippen LogP contribution is 2.28. The van der Waals surface area contributed by atoms with Crippen LogP contribution in [0.2, 0.25) is 0 Å². The maximum Gasteiger partial charge on any atom is 0.163 e. The van der Waals surface area contributed by atoms with Crippen LogP contribution in [0.5, 0.6) is 5.75 Å². The lowest BCUT2D eigenvalue weighted by molar-refractivity contribution is 0.101. The summed E-state index contributed by atoms with van der Waals surface area (Å²) in [6.45, 7) is 0.905. The first kappa shape index (κ1) is 14.9. The number of halogens is 1. The van der Waals surface area contributed by atoms with Crippen LogP contribution in [-0.4, -0.2) is 39.6 Å². The molecule has 0 saturated heterocycles. The molecule has 1 rings (SSSR count). The Labute approximate surface area is 108 Å². The third-order valence-corrected chi connectivity index (χ3v) is 3.45. The van der Waals surface area contributed by atoms with E-state index in [-0.39, 0.29) is 29.4 Å². The molecule has 0 spiro atoms. The van der Waals surface area contributed by atoms with Crippen LogP contribution in [0.25, 0.3) is 0 Å². The van der Waals surface area contributed by atoms with E-state index in [1.165, 1.54) is 18.7 Å². The Kier molecular flexibility index (Phi) is 5.58. The molecule has 18 heavy (non-hydrogen) atoms. The summed E-state index contributed by atoms with van der Waals surface area (Å²) in [5, 5.41) is 27.6. The topological polar surface area (TPSA) is 77.8 Å². The maximum absolute atomic E-state index is 13.3. The van der Waals surface area contributed by atoms with Crippen LogP contribution >= 0.6 is 11.8 Å². The second kappa shape index (κ2) is 6.72. The summed E-state index contributed by atoms with van der Waals surface area (Å²) in [6.07, 6.45) is -0.849. The molecule has 0 bridgehead atoms. The zero-order valence-corrected chi connectivity index (χ0v) is 10.7. The SMILES string of the molecule is CC(=O)c1cc(F)cc(CSCC(O)CO)c1O. The van der Waals surface area contributed by atoms with E-state index in [4.69, 9.17) is 10.2 Å². The summed E-state index contributed by atoms with van der Waals surface area (Å²) in [7, 11) is 0. The van der Waals surface area contributed by atoms with Crippen molar-refractivity contribution >= 4 is 17.5 Å². The molecule has 0 aliphatic rings. The molecule has 6 heteroatoms. The maximum atomic E-state index is 13.3. The van der Waals surface area contributed by atoms with E-state index in [0.29, 0.717) is 5.56 Å². The van der Waals surface area contributed by atoms with Gasteiger partial charge in [-0.3, -0.25) is 4.79 Å². The van der Waals surface area contributed by atoms with Crippen molar-refractivity contribution in [3.05, 3.63) is 29.1 Å². The van der Waals surface area contributed by atoms with Gasteiger partial charge in [0, 0.05) is 17.1 Å². The van der Waals surface area contributed by atoms with E-state index in [0.717, 1.165) is 12.1 Å². The van der Waals surface area contributed by atoms with Crippen molar-refractivity contribution in [2.45, 2.75) is 18.8 Å². The number of Topliss-reactive ketones (excluding diaryl/α,β-unsaturated/α-hetero) is 1. The van der Waals surface area contributed by atoms with E-state index in [1.807, 2.05) is 0 Å².